The van der Waals surface area contributed by atoms with E-state index in [0.717, 1.165) is 89.4 Å². The molecular weight excluding hydrogens is 771 g/mol. The van der Waals surface area contributed by atoms with Crippen LogP contribution in [0.25, 0.3) is 90.9 Å². The van der Waals surface area contributed by atoms with E-state index in [1.807, 2.05) is 17.3 Å². The van der Waals surface area contributed by atoms with Crippen molar-refractivity contribution in [3.8, 4) is 44.5 Å². The van der Waals surface area contributed by atoms with Crippen molar-refractivity contribution in [3.05, 3.63) is 166 Å². The number of rotatable bonds is 4. The van der Waals surface area contributed by atoms with Crippen molar-refractivity contribution in [2.75, 3.05) is 0 Å². The molecule has 0 unspecified atom stereocenters. The number of fused-ring (bicyclic) bond motifs is 8. The Morgan fingerprint density at radius 3 is 0.741 bits per heavy atom. The molecule has 8 bridgehead atoms. The van der Waals surface area contributed by atoms with Gasteiger partial charge in [-0.25, -0.2) is 9.97 Å². The van der Waals surface area contributed by atoms with E-state index in [4.69, 9.17) is 19.9 Å². The maximum absolute atomic E-state index is 5.37. The van der Waals surface area contributed by atoms with Gasteiger partial charge in [0.2, 0.25) is 0 Å². The Morgan fingerprint density at radius 2 is 0.537 bits per heavy atom. The van der Waals surface area contributed by atoms with Crippen molar-refractivity contribution < 1.29 is 17.3 Å². The number of nitrogens with zero attached hydrogens (tertiary/aromatic N) is 4. The Labute approximate surface area is 330 Å². The van der Waals surface area contributed by atoms with E-state index >= 15 is 0 Å². The summed E-state index contributed by atoms with van der Waals surface area (Å²) >= 11 is 2.02. The van der Waals surface area contributed by atoms with Crippen molar-refractivity contribution in [1.82, 2.24) is 19.9 Å². The van der Waals surface area contributed by atoms with Gasteiger partial charge in [-0.05, 0) is 96.5 Å². The Morgan fingerprint density at radius 1 is 0.333 bits per heavy atom. The molecule has 0 aliphatic carbocycles. The number of hydrogen-bond donors (Lipinski definition) is 0. The Kier molecular flexibility index (Phi) is 9.86. The molecule has 5 heterocycles. The third kappa shape index (κ3) is 6.82. The predicted molar refractivity (Wildman–Crippen MR) is 223 cm³/mol. The molecule has 264 valence electrons. The maximum atomic E-state index is 5.37. The summed E-state index contributed by atoms with van der Waals surface area (Å²) in [7, 11) is 4.53. The second-order valence-corrected chi connectivity index (χ2v) is 13.8. The van der Waals surface area contributed by atoms with Crippen LogP contribution in [0.5, 0.6) is 0 Å². The number of hydrogen-bond acceptors (Lipinski definition) is 2. The van der Waals surface area contributed by atoms with Gasteiger partial charge in [0.15, 0.2) is 0 Å². The first-order valence-corrected chi connectivity index (χ1v) is 20.0. The van der Waals surface area contributed by atoms with E-state index < -0.39 is 0 Å². The summed E-state index contributed by atoms with van der Waals surface area (Å²) in [6, 6.07) is 43.0. The summed E-state index contributed by atoms with van der Waals surface area (Å²) in [4.78, 5) is 21.5. The zero-order valence-corrected chi connectivity index (χ0v) is 32.8. The average Bonchev–Trinajstić information content (AvgIpc) is 4.03. The molecule has 9 rings (SSSR count). The predicted octanol–water partition coefficient (Wildman–Crippen LogP) is 12.5. The van der Waals surface area contributed by atoms with Gasteiger partial charge in [0.05, 0.1) is 22.8 Å². The molecule has 0 spiro atoms. The molecule has 0 saturated heterocycles. The Bertz CT molecular complexity index is 2360. The van der Waals surface area contributed by atoms with Gasteiger partial charge in [0.1, 0.15) is 0 Å². The first-order valence-electron chi connectivity index (χ1n) is 17.8. The van der Waals surface area contributed by atoms with E-state index in [9.17, 15) is 0 Å². The third-order valence-corrected chi connectivity index (χ3v) is 9.97. The van der Waals surface area contributed by atoms with Gasteiger partial charge in [-0.3, -0.25) is 0 Å². The van der Waals surface area contributed by atoms with Crippen LogP contribution in [0.2, 0.25) is 0 Å². The molecule has 0 amide bonds. The van der Waals surface area contributed by atoms with Gasteiger partial charge < -0.3 is 9.97 Å². The fourth-order valence-corrected chi connectivity index (χ4v) is 7.15. The van der Waals surface area contributed by atoms with Gasteiger partial charge in [-0.1, -0.05) is 144 Å². The number of aromatic nitrogens is 4. The van der Waals surface area contributed by atoms with Crippen molar-refractivity contribution in [2.24, 2.45) is 0 Å². The summed E-state index contributed by atoms with van der Waals surface area (Å²) in [5, 5.41) is 0. The first-order chi connectivity index (χ1) is 26.4. The molecule has 0 N–H and O–H groups in total. The van der Waals surface area contributed by atoms with Crippen LogP contribution in [-0.4, -0.2) is 9.97 Å². The minimum absolute atomic E-state index is 0.865. The quantitative estimate of drug-likeness (QED) is 0.166. The molecule has 7 aromatic rings. The molecular formula is C48H36ClN4Rh. The van der Waals surface area contributed by atoms with Crippen molar-refractivity contribution >= 4 is 56.1 Å². The van der Waals surface area contributed by atoms with Gasteiger partial charge in [-0.15, -0.1) is 22.1 Å². The van der Waals surface area contributed by atoms with E-state index in [0.29, 0.717) is 0 Å². The molecule has 0 atom stereocenters. The van der Waals surface area contributed by atoms with Crippen LogP contribution in [0, 0.1) is 27.7 Å². The fourth-order valence-electron chi connectivity index (χ4n) is 7.15. The third-order valence-electron chi connectivity index (χ3n) is 9.97. The summed E-state index contributed by atoms with van der Waals surface area (Å²) in [6.45, 7) is 8.45. The topological polar surface area (TPSA) is 54.0 Å². The van der Waals surface area contributed by atoms with Crippen LogP contribution in [0.3, 0.4) is 0 Å². The second kappa shape index (κ2) is 15.0. The van der Waals surface area contributed by atoms with Crippen LogP contribution in [0.4, 0.5) is 0 Å². The van der Waals surface area contributed by atoms with Crippen LogP contribution in [-0.2, 0) is 17.3 Å². The van der Waals surface area contributed by atoms with Crippen LogP contribution < -0.4 is 9.97 Å². The number of benzene rings is 4. The average molecular weight is 807 g/mol. The van der Waals surface area contributed by atoms with Crippen molar-refractivity contribution in [3.63, 3.8) is 0 Å². The molecule has 0 fully saturated rings. The van der Waals surface area contributed by atoms with Gasteiger partial charge in [0, 0.05) is 0 Å². The van der Waals surface area contributed by atoms with E-state index in [1.54, 1.807) is 0 Å². The SMILES string of the molecule is Cc1ccc(-c2c3nc(c(-c4ccc(C)cc4)c4ccc([n-]4)c(-c4ccc(C)cc4)c4nc(c(-c5ccc(C)cc5)c5ccc2[n-]5)C=C4)C=C3)cc1.[Cl][Rh+2]. The van der Waals surface area contributed by atoms with E-state index in [2.05, 4.69) is 183 Å². The Balaban J connectivity index is 0.00000203. The van der Waals surface area contributed by atoms with Crippen LogP contribution >= 0.6 is 9.69 Å². The van der Waals surface area contributed by atoms with Crippen molar-refractivity contribution in [2.45, 2.75) is 27.7 Å². The first kappa shape index (κ1) is 35.4. The zero-order valence-electron chi connectivity index (χ0n) is 30.4. The van der Waals surface area contributed by atoms with Crippen LogP contribution in [0.15, 0.2) is 121 Å². The normalized spacial score (nSPS) is 11.7. The summed E-state index contributed by atoms with van der Waals surface area (Å²) in [5.41, 5.74) is 19.9. The molecule has 0 saturated carbocycles. The molecule has 6 heteroatoms. The Hall–Kier alpha value is -5.61. The van der Waals surface area contributed by atoms with Crippen LogP contribution in [0.1, 0.15) is 45.0 Å². The van der Waals surface area contributed by atoms with Gasteiger partial charge in [-0.2, -0.15) is 0 Å². The zero-order chi connectivity index (χ0) is 37.3. The molecule has 3 aromatic heterocycles. The van der Waals surface area contributed by atoms with Crippen molar-refractivity contribution in [1.29, 1.82) is 0 Å². The number of halogens is 1. The summed E-state index contributed by atoms with van der Waals surface area (Å²) in [6.07, 6.45) is 8.48. The summed E-state index contributed by atoms with van der Waals surface area (Å²) < 4.78 is 0. The monoisotopic (exact) mass is 806 g/mol. The van der Waals surface area contributed by atoms with E-state index in [-0.39, 0.29) is 0 Å². The standard InChI is InChI=1S/C48H36N4.ClH.Rh/c1-29-5-13-33(14-6-29)45-37-21-23-39(49-37)46(34-15-7-30(2)8-16-34)41-25-27-43(51-41)48(36-19-11-32(4)12-20-36)44-28-26-42(52-44)47(40-24-22-38(45)50-40)35-17-9-31(3)10-18-35;;/h5-28H,1-4H3;1H;/q-2;;+3/p-1. The summed E-state index contributed by atoms with van der Waals surface area (Å²) in [5.74, 6) is 0. The molecule has 4 nitrogen and oxygen atoms in total. The van der Waals surface area contributed by atoms with Gasteiger partial charge in [0.25, 0.3) is 0 Å². The molecule has 2 aliphatic heterocycles. The van der Waals surface area contributed by atoms with E-state index in [1.165, 1.54) is 22.3 Å². The second-order valence-electron chi connectivity index (χ2n) is 13.8. The minimum atomic E-state index is 0.865. The molecule has 4 aromatic carbocycles. The fraction of sp³-hybridized carbons (Fsp3) is 0.0833. The molecule has 0 radical (unpaired) electrons. The van der Waals surface area contributed by atoms with Gasteiger partial charge >= 0.3 is 27.0 Å². The molecule has 54 heavy (non-hydrogen) atoms. The molecule has 2 aliphatic rings. The number of aryl methyl sites for hydroxylation is 4.